The molecule has 2 amide bonds. The lowest BCUT2D eigenvalue weighted by Crippen LogP contribution is -2.44. The second-order valence-corrected chi connectivity index (χ2v) is 5.16. The second-order valence-electron chi connectivity index (χ2n) is 5.16. The van der Waals surface area contributed by atoms with Gasteiger partial charge in [0.2, 0.25) is 5.91 Å². The molecule has 1 rings (SSSR count). The summed E-state index contributed by atoms with van der Waals surface area (Å²) < 4.78 is 76.6. The molecule has 0 radical (unpaired) electrons. The number of nitrogens with one attached hydrogen (secondary N) is 1. The van der Waals surface area contributed by atoms with Gasteiger partial charge in [0.25, 0.3) is 5.91 Å². The Morgan fingerprint density at radius 3 is 1.81 bits per heavy atom. The van der Waals surface area contributed by atoms with Crippen LogP contribution in [0.3, 0.4) is 0 Å². The Hall–Kier alpha value is -2.79. The molecule has 0 saturated carbocycles. The average Bonchev–Trinajstić information content (AvgIpc) is 2.48. The van der Waals surface area contributed by atoms with Gasteiger partial charge in [0.1, 0.15) is 6.04 Å². The lowest BCUT2D eigenvalue weighted by atomic mass is 10.0. The topological polar surface area (TPSA) is 109 Å². The van der Waals surface area contributed by atoms with Gasteiger partial charge in [-0.15, -0.1) is 0 Å². The molecule has 1 aromatic carbocycles. The fourth-order valence-corrected chi connectivity index (χ4v) is 1.88. The molecule has 26 heavy (non-hydrogen) atoms. The van der Waals surface area contributed by atoms with Gasteiger partial charge >= 0.3 is 18.3 Å². The first-order valence-electron chi connectivity index (χ1n) is 6.83. The molecule has 0 spiro atoms. The number of hydrogen-bond donors (Lipinski definition) is 3. The molecular formula is C14H12F6N2O4. The minimum atomic E-state index is -5.15. The van der Waals surface area contributed by atoms with E-state index < -0.39 is 65.7 Å². The standard InChI is InChI=1S/C14H12F6N2O4/c15-13(16,17)7-3-6(4-8(5-7)14(18,19)20)12(26)22-9(11(21)25)1-2-10(23)24/h3-5,9H,1-2H2,(H2,21,25)(H,22,26)(H,23,24)/t9-/m0/s1. The summed E-state index contributed by atoms with van der Waals surface area (Å²) in [6.45, 7) is 0. The Morgan fingerprint density at radius 1 is 1.00 bits per heavy atom. The zero-order valence-electron chi connectivity index (χ0n) is 12.7. The number of amides is 2. The maximum Gasteiger partial charge on any atom is 0.416 e. The maximum atomic E-state index is 12.8. The molecule has 0 aromatic heterocycles. The van der Waals surface area contributed by atoms with Gasteiger partial charge in [-0.05, 0) is 24.6 Å². The third-order valence-electron chi connectivity index (χ3n) is 3.15. The Kier molecular flexibility index (Phi) is 6.23. The fourth-order valence-electron chi connectivity index (χ4n) is 1.88. The number of hydrogen-bond acceptors (Lipinski definition) is 3. The fraction of sp³-hybridized carbons (Fsp3) is 0.357. The Morgan fingerprint density at radius 2 is 1.46 bits per heavy atom. The van der Waals surface area contributed by atoms with Crippen molar-refractivity contribution in [2.75, 3.05) is 0 Å². The molecule has 0 aliphatic heterocycles. The molecule has 0 saturated heterocycles. The number of aliphatic carboxylic acids is 1. The van der Waals surface area contributed by atoms with Crippen molar-refractivity contribution in [3.05, 3.63) is 34.9 Å². The van der Waals surface area contributed by atoms with Crippen LogP contribution in [0.2, 0.25) is 0 Å². The Bertz CT molecular complexity index is 682. The highest BCUT2D eigenvalue weighted by Crippen LogP contribution is 2.36. The molecule has 0 unspecified atom stereocenters. The first-order valence-corrected chi connectivity index (χ1v) is 6.83. The predicted molar refractivity (Wildman–Crippen MR) is 73.8 cm³/mol. The van der Waals surface area contributed by atoms with Crippen molar-refractivity contribution in [1.82, 2.24) is 5.32 Å². The molecule has 4 N–H and O–H groups in total. The average molecular weight is 386 g/mol. The van der Waals surface area contributed by atoms with Crippen LogP contribution in [0, 0.1) is 0 Å². The highest BCUT2D eigenvalue weighted by molar-refractivity contribution is 5.97. The normalized spacial score (nSPS) is 13.2. The molecular weight excluding hydrogens is 374 g/mol. The number of carbonyl (C=O) groups excluding carboxylic acids is 2. The van der Waals surface area contributed by atoms with Crippen LogP contribution in [0.4, 0.5) is 26.3 Å². The van der Waals surface area contributed by atoms with Crippen LogP contribution in [0.25, 0.3) is 0 Å². The second kappa shape index (κ2) is 7.62. The number of benzene rings is 1. The highest BCUT2D eigenvalue weighted by Gasteiger charge is 2.37. The molecule has 144 valence electrons. The molecule has 0 aliphatic carbocycles. The van der Waals surface area contributed by atoms with Gasteiger partial charge in [0.15, 0.2) is 0 Å². The minimum Gasteiger partial charge on any atom is -0.481 e. The Labute approximate surface area is 142 Å². The van der Waals surface area contributed by atoms with Gasteiger partial charge in [-0.25, -0.2) is 0 Å². The molecule has 0 heterocycles. The molecule has 1 aromatic rings. The van der Waals surface area contributed by atoms with Crippen molar-refractivity contribution >= 4 is 17.8 Å². The summed E-state index contributed by atoms with van der Waals surface area (Å²) in [5, 5.41) is 10.4. The summed E-state index contributed by atoms with van der Waals surface area (Å²) in [6.07, 6.45) is -11.4. The van der Waals surface area contributed by atoms with E-state index in [9.17, 15) is 40.7 Å². The van der Waals surface area contributed by atoms with E-state index in [1.165, 1.54) is 0 Å². The Balaban J connectivity index is 3.21. The molecule has 0 aliphatic rings. The van der Waals surface area contributed by atoms with Crippen LogP contribution in [-0.4, -0.2) is 28.9 Å². The summed E-state index contributed by atoms with van der Waals surface area (Å²) in [5.41, 5.74) is 0.516. The van der Waals surface area contributed by atoms with Crippen molar-refractivity contribution in [2.45, 2.75) is 31.2 Å². The smallest absolute Gasteiger partial charge is 0.416 e. The lowest BCUT2D eigenvalue weighted by molar-refractivity contribution is -0.143. The third-order valence-corrected chi connectivity index (χ3v) is 3.15. The number of carbonyl (C=O) groups is 3. The van der Waals surface area contributed by atoms with E-state index in [4.69, 9.17) is 10.8 Å². The van der Waals surface area contributed by atoms with Crippen LogP contribution >= 0.6 is 0 Å². The van der Waals surface area contributed by atoms with E-state index >= 15 is 0 Å². The van der Waals surface area contributed by atoms with Gasteiger partial charge in [0, 0.05) is 12.0 Å². The SMILES string of the molecule is NC(=O)[C@H](CCC(=O)O)NC(=O)c1cc(C(F)(F)F)cc(C(F)(F)F)c1. The van der Waals surface area contributed by atoms with Gasteiger partial charge < -0.3 is 16.2 Å². The van der Waals surface area contributed by atoms with Gasteiger partial charge in [-0.3, -0.25) is 14.4 Å². The third kappa shape index (κ3) is 5.93. The summed E-state index contributed by atoms with van der Waals surface area (Å²) in [5.74, 6) is -3.97. The van der Waals surface area contributed by atoms with Crippen LogP contribution in [-0.2, 0) is 21.9 Å². The van der Waals surface area contributed by atoms with Crippen LogP contribution in [0.5, 0.6) is 0 Å². The van der Waals surface area contributed by atoms with E-state index in [0.717, 1.165) is 0 Å². The number of halogens is 6. The number of alkyl halides is 6. The van der Waals surface area contributed by atoms with E-state index in [2.05, 4.69) is 0 Å². The molecule has 0 fully saturated rings. The van der Waals surface area contributed by atoms with E-state index in [-0.39, 0.29) is 18.2 Å². The highest BCUT2D eigenvalue weighted by atomic mass is 19.4. The zero-order valence-corrected chi connectivity index (χ0v) is 12.7. The molecule has 1 atom stereocenters. The van der Waals surface area contributed by atoms with Crippen LogP contribution in [0.1, 0.15) is 34.3 Å². The number of primary amides is 1. The first kappa shape index (κ1) is 21.3. The molecule has 12 heteroatoms. The summed E-state index contributed by atoms with van der Waals surface area (Å²) in [4.78, 5) is 33.6. The van der Waals surface area contributed by atoms with E-state index in [1.54, 1.807) is 0 Å². The molecule has 6 nitrogen and oxygen atoms in total. The van der Waals surface area contributed by atoms with E-state index in [0.29, 0.717) is 0 Å². The minimum absolute atomic E-state index is 0.160. The number of carboxylic acid groups (broad SMARTS) is 1. The van der Waals surface area contributed by atoms with Crippen molar-refractivity contribution in [2.24, 2.45) is 5.73 Å². The first-order chi connectivity index (χ1) is 11.7. The van der Waals surface area contributed by atoms with Gasteiger partial charge in [-0.2, -0.15) is 26.3 Å². The summed E-state index contributed by atoms with van der Waals surface area (Å²) in [7, 11) is 0. The lowest BCUT2D eigenvalue weighted by Gasteiger charge is -2.17. The zero-order chi connectivity index (χ0) is 20.3. The summed E-state index contributed by atoms with van der Waals surface area (Å²) >= 11 is 0. The monoisotopic (exact) mass is 386 g/mol. The van der Waals surface area contributed by atoms with Crippen molar-refractivity contribution in [3.63, 3.8) is 0 Å². The largest absolute Gasteiger partial charge is 0.481 e. The van der Waals surface area contributed by atoms with Gasteiger partial charge in [-0.1, -0.05) is 0 Å². The van der Waals surface area contributed by atoms with Crippen LogP contribution in [0.15, 0.2) is 18.2 Å². The number of rotatable bonds is 6. The quantitative estimate of drug-likeness (QED) is 0.651. The van der Waals surface area contributed by atoms with Crippen molar-refractivity contribution < 1.29 is 45.8 Å². The maximum absolute atomic E-state index is 12.8. The number of carboxylic acids is 1. The van der Waals surface area contributed by atoms with Crippen molar-refractivity contribution in [3.8, 4) is 0 Å². The summed E-state index contributed by atoms with van der Waals surface area (Å²) in [6, 6.07) is -1.38. The number of nitrogens with two attached hydrogens (primary N) is 1. The van der Waals surface area contributed by atoms with Crippen LogP contribution < -0.4 is 11.1 Å². The van der Waals surface area contributed by atoms with E-state index in [1.807, 2.05) is 5.32 Å². The predicted octanol–water partition coefficient (Wildman–Crippen LogP) is 2.17. The van der Waals surface area contributed by atoms with Gasteiger partial charge in [0.05, 0.1) is 11.1 Å². The van der Waals surface area contributed by atoms with Crippen molar-refractivity contribution in [1.29, 1.82) is 0 Å². The molecule has 0 bridgehead atoms.